The van der Waals surface area contributed by atoms with E-state index in [2.05, 4.69) is 12.6 Å². The van der Waals surface area contributed by atoms with Crippen LogP contribution in [0.15, 0.2) is 48.9 Å². The summed E-state index contributed by atoms with van der Waals surface area (Å²) in [6, 6.07) is 12.0. The van der Waals surface area contributed by atoms with E-state index in [1.54, 1.807) is 0 Å². The van der Waals surface area contributed by atoms with Gasteiger partial charge in [-0.2, -0.15) is 0 Å². The lowest BCUT2D eigenvalue weighted by molar-refractivity contribution is 0.290. The normalized spacial score (nSPS) is 13.6. The second kappa shape index (κ2) is 2.51. The van der Waals surface area contributed by atoms with Gasteiger partial charge in [0, 0.05) is 0 Å². The minimum absolute atomic E-state index is 0.339. The first-order valence-electron chi connectivity index (χ1n) is 4.40. The highest BCUT2D eigenvalue weighted by Crippen LogP contribution is 2.38. The van der Waals surface area contributed by atoms with Gasteiger partial charge in [0.15, 0.2) is 11.5 Å². The molecule has 1 heterocycles. The molecule has 14 heavy (non-hydrogen) atoms. The van der Waals surface area contributed by atoms with E-state index in [0.717, 1.165) is 17.1 Å². The molecular formula is C12H8O2. The van der Waals surface area contributed by atoms with Crippen molar-refractivity contribution in [3.05, 3.63) is 48.9 Å². The molecule has 1 aliphatic heterocycles. The van der Waals surface area contributed by atoms with Gasteiger partial charge in [0.2, 0.25) is 0 Å². The Morgan fingerprint density at radius 2 is 1.64 bits per heavy atom. The lowest BCUT2D eigenvalue weighted by Crippen LogP contribution is -1.89. The van der Waals surface area contributed by atoms with Crippen LogP contribution in [-0.2, 0) is 0 Å². The molecule has 0 radical (unpaired) electrons. The number of hydrogen-bond donors (Lipinski definition) is 0. The van der Waals surface area contributed by atoms with Crippen molar-refractivity contribution < 1.29 is 9.47 Å². The Morgan fingerprint density at radius 1 is 0.857 bits per heavy atom. The predicted octanol–water partition coefficient (Wildman–Crippen LogP) is 3.03. The number of hydrogen-bond acceptors (Lipinski definition) is 2. The van der Waals surface area contributed by atoms with E-state index in [9.17, 15) is 0 Å². The van der Waals surface area contributed by atoms with Crippen molar-refractivity contribution in [1.82, 2.24) is 0 Å². The second-order valence-corrected chi connectivity index (χ2v) is 3.22. The summed E-state index contributed by atoms with van der Waals surface area (Å²) in [6.07, 6.45) is 0. The van der Waals surface area contributed by atoms with E-state index < -0.39 is 0 Å². The maximum absolute atomic E-state index is 5.33. The predicted molar refractivity (Wildman–Crippen MR) is 53.5 cm³/mol. The summed E-state index contributed by atoms with van der Waals surface area (Å²) in [5.74, 6) is 1.80. The molecule has 0 saturated heterocycles. The lowest BCUT2D eigenvalue weighted by Gasteiger charge is -1.93. The SMILES string of the molecule is C=C1Oc2ccc3cccc-3cc2O1. The van der Waals surface area contributed by atoms with Crippen molar-refractivity contribution in [3.8, 4) is 22.6 Å². The maximum atomic E-state index is 5.33. The molecule has 3 rings (SSSR count). The lowest BCUT2D eigenvalue weighted by atomic mass is 10.2. The molecule has 68 valence electrons. The van der Waals surface area contributed by atoms with Crippen molar-refractivity contribution in [3.63, 3.8) is 0 Å². The largest absolute Gasteiger partial charge is 0.422 e. The molecular weight excluding hydrogens is 176 g/mol. The molecule has 0 atom stereocenters. The van der Waals surface area contributed by atoms with Crippen molar-refractivity contribution >= 4 is 0 Å². The molecule has 0 N–H and O–H groups in total. The van der Waals surface area contributed by atoms with Gasteiger partial charge in [-0.3, -0.25) is 0 Å². The fourth-order valence-electron chi connectivity index (χ4n) is 1.62. The van der Waals surface area contributed by atoms with Crippen molar-refractivity contribution in [2.45, 2.75) is 0 Å². The zero-order chi connectivity index (χ0) is 9.54. The standard InChI is InChI=1S/C12H8O2/c1-8-13-11-6-5-9-3-2-4-10(9)7-12(11)14-8/h2-7H,1H2. The highest BCUT2D eigenvalue weighted by atomic mass is 16.7. The van der Waals surface area contributed by atoms with Gasteiger partial charge in [0.1, 0.15) is 0 Å². The van der Waals surface area contributed by atoms with E-state index in [1.807, 2.05) is 30.3 Å². The third kappa shape index (κ3) is 0.973. The molecule has 2 nitrogen and oxygen atoms in total. The zero-order valence-corrected chi connectivity index (χ0v) is 7.49. The van der Waals surface area contributed by atoms with Crippen LogP contribution >= 0.6 is 0 Å². The molecule has 0 aromatic heterocycles. The summed E-state index contributed by atoms with van der Waals surface area (Å²) in [5.41, 5.74) is 2.32. The fraction of sp³-hybridized carbons (Fsp3) is 0. The summed E-state index contributed by atoms with van der Waals surface area (Å²) < 4.78 is 10.6. The minimum Gasteiger partial charge on any atom is -0.422 e. The third-order valence-corrected chi connectivity index (χ3v) is 2.28. The third-order valence-electron chi connectivity index (χ3n) is 2.28. The fourth-order valence-corrected chi connectivity index (χ4v) is 1.62. The van der Waals surface area contributed by atoms with Crippen molar-refractivity contribution in [1.29, 1.82) is 0 Å². The Labute approximate surface area is 81.7 Å². The van der Waals surface area contributed by atoms with Gasteiger partial charge in [-0.1, -0.05) is 24.3 Å². The maximum Gasteiger partial charge on any atom is 0.282 e. The van der Waals surface area contributed by atoms with Gasteiger partial charge in [-0.25, -0.2) is 0 Å². The molecule has 2 aliphatic carbocycles. The topological polar surface area (TPSA) is 18.5 Å². The molecule has 0 spiro atoms. The van der Waals surface area contributed by atoms with E-state index in [0.29, 0.717) is 5.95 Å². The quantitative estimate of drug-likeness (QED) is 0.626. The van der Waals surface area contributed by atoms with Crippen LogP contribution < -0.4 is 9.47 Å². The Bertz CT molecular complexity index is 488. The molecule has 0 fully saturated rings. The van der Waals surface area contributed by atoms with Gasteiger partial charge in [-0.05, 0) is 29.8 Å². The molecule has 0 bridgehead atoms. The van der Waals surface area contributed by atoms with Gasteiger partial charge < -0.3 is 9.47 Å². The van der Waals surface area contributed by atoms with Crippen LogP contribution in [0.5, 0.6) is 11.5 Å². The van der Waals surface area contributed by atoms with Crippen LogP contribution in [0.25, 0.3) is 11.1 Å². The monoisotopic (exact) mass is 184 g/mol. The van der Waals surface area contributed by atoms with Crippen LogP contribution in [0.4, 0.5) is 0 Å². The minimum atomic E-state index is 0.339. The van der Waals surface area contributed by atoms with Crippen molar-refractivity contribution in [2.75, 3.05) is 0 Å². The number of fused-ring (bicyclic) bond motifs is 2. The van der Waals surface area contributed by atoms with E-state index >= 15 is 0 Å². The highest BCUT2D eigenvalue weighted by molar-refractivity contribution is 5.69. The van der Waals surface area contributed by atoms with Gasteiger partial charge in [0.25, 0.3) is 5.95 Å². The Hall–Kier alpha value is -1.96. The average Bonchev–Trinajstić information content (AvgIpc) is 2.69. The molecule has 0 saturated carbocycles. The van der Waals surface area contributed by atoms with E-state index in [-0.39, 0.29) is 0 Å². The first-order chi connectivity index (χ1) is 6.83. The van der Waals surface area contributed by atoms with Crippen LogP contribution in [0.3, 0.4) is 0 Å². The average molecular weight is 184 g/mol. The van der Waals surface area contributed by atoms with Crippen LogP contribution in [0.1, 0.15) is 0 Å². The molecule has 0 amide bonds. The van der Waals surface area contributed by atoms with Gasteiger partial charge >= 0.3 is 0 Å². The zero-order valence-electron chi connectivity index (χ0n) is 7.49. The smallest absolute Gasteiger partial charge is 0.282 e. The summed E-state index contributed by atoms with van der Waals surface area (Å²) in [6.45, 7) is 3.61. The second-order valence-electron chi connectivity index (χ2n) is 3.22. The first kappa shape index (κ1) is 7.44. The molecule has 0 aromatic rings. The molecule has 0 aromatic carbocycles. The summed E-state index contributed by atoms with van der Waals surface area (Å²) >= 11 is 0. The Morgan fingerprint density at radius 3 is 2.57 bits per heavy atom. The van der Waals surface area contributed by atoms with Crippen LogP contribution in [-0.4, -0.2) is 0 Å². The van der Waals surface area contributed by atoms with Crippen LogP contribution in [0.2, 0.25) is 0 Å². The van der Waals surface area contributed by atoms with E-state index in [1.165, 1.54) is 5.56 Å². The molecule has 3 aliphatic rings. The summed E-state index contributed by atoms with van der Waals surface area (Å²) in [7, 11) is 0. The Kier molecular flexibility index (Phi) is 1.34. The number of rotatable bonds is 0. The number of ether oxygens (including phenoxy) is 2. The van der Waals surface area contributed by atoms with E-state index in [4.69, 9.17) is 9.47 Å². The first-order valence-corrected chi connectivity index (χ1v) is 4.40. The highest BCUT2D eigenvalue weighted by Gasteiger charge is 2.17. The molecule has 2 heteroatoms. The van der Waals surface area contributed by atoms with Crippen molar-refractivity contribution in [2.24, 2.45) is 0 Å². The van der Waals surface area contributed by atoms with Gasteiger partial charge in [0.05, 0.1) is 0 Å². The van der Waals surface area contributed by atoms with Crippen LogP contribution in [0, 0.1) is 0 Å². The van der Waals surface area contributed by atoms with Gasteiger partial charge in [-0.15, -0.1) is 0 Å². The molecule has 0 unspecified atom stereocenters. The Balaban J connectivity index is 2.27. The summed E-state index contributed by atoms with van der Waals surface area (Å²) in [5, 5.41) is 0. The summed E-state index contributed by atoms with van der Waals surface area (Å²) in [4.78, 5) is 0.